The van der Waals surface area contributed by atoms with Crippen molar-refractivity contribution in [2.75, 3.05) is 32.8 Å². The molecule has 0 atom stereocenters. The van der Waals surface area contributed by atoms with E-state index < -0.39 is 5.82 Å². The standard InChI is InChI=1S/C19H19ClFN3O3.ClH/c1-25-6-3-7-27-18-10-16-13(9-17(18)26-2)19(23-11-22-16)24-15-5-4-12(20)8-14(15)21;/h4-5,8-11H,3,6-7H2,1-2H3,(H,22,23,24);1H. The largest absolute Gasteiger partial charge is 0.493 e. The summed E-state index contributed by atoms with van der Waals surface area (Å²) in [7, 11) is 3.20. The van der Waals surface area contributed by atoms with Gasteiger partial charge in [0.25, 0.3) is 0 Å². The third kappa shape index (κ3) is 5.13. The molecule has 0 saturated carbocycles. The second-order valence-corrected chi connectivity index (χ2v) is 6.12. The van der Waals surface area contributed by atoms with E-state index in [2.05, 4.69) is 15.3 Å². The molecule has 1 N–H and O–H groups in total. The topological polar surface area (TPSA) is 65.5 Å². The van der Waals surface area contributed by atoms with E-state index in [1.807, 2.05) is 0 Å². The Balaban J connectivity index is 0.00000280. The maximum Gasteiger partial charge on any atom is 0.163 e. The fourth-order valence-corrected chi connectivity index (χ4v) is 2.70. The molecule has 9 heteroatoms. The average molecular weight is 428 g/mol. The van der Waals surface area contributed by atoms with Crippen LogP contribution < -0.4 is 14.8 Å². The van der Waals surface area contributed by atoms with Gasteiger partial charge in [-0.3, -0.25) is 0 Å². The summed E-state index contributed by atoms with van der Waals surface area (Å²) in [6, 6.07) is 7.92. The van der Waals surface area contributed by atoms with Crippen molar-refractivity contribution in [2.45, 2.75) is 6.42 Å². The molecule has 0 aliphatic carbocycles. The predicted octanol–water partition coefficient (Wildman–Crippen LogP) is 5.01. The van der Waals surface area contributed by atoms with E-state index in [0.717, 1.165) is 6.42 Å². The van der Waals surface area contributed by atoms with Gasteiger partial charge in [0, 0.05) is 36.6 Å². The number of fused-ring (bicyclic) bond motifs is 1. The van der Waals surface area contributed by atoms with Crippen molar-refractivity contribution in [2.24, 2.45) is 0 Å². The second kappa shape index (κ2) is 10.3. The zero-order chi connectivity index (χ0) is 19.2. The lowest BCUT2D eigenvalue weighted by molar-refractivity contribution is 0.170. The van der Waals surface area contributed by atoms with Crippen LogP contribution in [0, 0.1) is 5.82 Å². The van der Waals surface area contributed by atoms with Gasteiger partial charge in [-0.05, 0) is 24.3 Å². The Morgan fingerprint density at radius 3 is 2.61 bits per heavy atom. The smallest absolute Gasteiger partial charge is 0.163 e. The minimum absolute atomic E-state index is 0. The lowest BCUT2D eigenvalue weighted by Crippen LogP contribution is -2.03. The number of hydrogen-bond acceptors (Lipinski definition) is 6. The summed E-state index contributed by atoms with van der Waals surface area (Å²) in [4.78, 5) is 8.50. The van der Waals surface area contributed by atoms with Gasteiger partial charge in [0.05, 0.1) is 24.9 Å². The number of anilines is 2. The first-order valence-corrected chi connectivity index (χ1v) is 8.66. The average Bonchev–Trinajstić information content (AvgIpc) is 2.67. The number of ether oxygens (including phenoxy) is 3. The van der Waals surface area contributed by atoms with Gasteiger partial charge in [-0.15, -0.1) is 12.4 Å². The number of aromatic nitrogens is 2. The van der Waals surface area contributed by atoms with Gasteiger partial charge in [-0.1, -0.05) is 11.6 Å². The molecule has 0 aliphatic heterocycles. The minimum atomic E-state index is -0.473. The number of nitrogens with one attached hydrogen (secondary N) is 1. The summed E-state index contributed by atoms with van der Waals surface area (Å²) in [5.74, 6) is 1.09. The van der Waals surface area contributed by atoms with Crippen molar-refractivity contribution in [1.29, 1.82) is 0 Å². The van der Waals surface area contributed by atoms with Crippen molar-refractivity contribution in [3.63, 3.8) is 0 Å². The highest BCUT2D eigenvalue weighted by Gasteiger charge is 2.13. The van der Waals surface area contributed by atoms with Gasteiger partial charge in [0.2, 0.25) is 0 Å². The Kier molecular flexibility index (Phi) is 8.04. The molecule has 0 amide bonds. The van der Waals surface area contributed by atoms with Gasteiger partial charge in [0.15, 0.2) is 11.5 Å². The number of methoxy groups -OCH3 is 2. The van der Waals surface area contributed by atoms with E-state index in [9.17, 15) is 4.39 Å². The fourth-order valence-electron chi connectivity index (χ4n) is 2.54. The van der Waals surface area contributed by atoms with Crippen LogP contribution in [0.2, 0.25) is 5.02 Å². The zero-order valence-corrected chi connectivity index (χ0v) is 16.9. The van der Waals surface area contributed by atoms with Crippen LogP contribution >= 0.6 is 24.0 Å². The highest BCUT2D eigenvalue weighted by atomic mass is 35.5. The van der Waals surface area contributed by atoms with Gasteiger partial charge < -0.3 is 19.5 Å². The van der Waals surface area contributed by atoms with Crippen molar-refractivity contribution >= 4 is 46.4 Å². The Hall–Kier alpha value is -2.35. The first-order valence-electron chi connectivity index (χ1n) is 8.29. The quantitative estimate of drug-likeness (QED) is 0.509. The van der Waals surface area contributed by atoms with Crippen LogP contribution in [0.5, 0.6) is 11.5 Å². The molecule has 0 saturated heterocycles. The fraction of sp³-hybridized carbons (Fsp3) is 0.263. The Labute approximate surface area is 173 Å². The number of nitrogens with zero attached hydrogens (tertiary/aromatic N) is 2. The molecule has 150 valence electrons. The van der Waals surface area contributed by atoms with E-state index >= 15 is 0 Å². The molecule has 1 aromatic heterocycles. The van der Waals surface area contributed by atoms with E-state index in [4.69, 9.17) is 25.8 Å². The van der Waals surface area contributed by atoms with Crippen molar-refractivity contribution < 1.29 is 18.6 Å². The third-order valence-corrected chi connectivity index (χ3v) is 4.09. The monoisotopic (exact) mass is 427 g/mol. The van der Waals surface area contributed by atoms with Crippen LogP contribution in [0.15, 0.2) is 36.7 Å². The van der Waals surface area contributed by atoms with Crippen LogP contribution in [-0.4, -0.2) is 37.4 Å². The molecule has 0 spiro atoms. The van der Waals surface area contributed by atoms with Crippen molar-refractivity contribution in [3.8, 4) is 11.5 Å². The molecule has 3 rings (SSSR count). The number of benzene rings is 2. The van der Waals surface area contributed by atoms with Crippen LogP contribution in [0.25, 0.3) is 10.9 Å². The van der Waals surface area contributed by atoms with E-state index in [1.165, 1.54) is 12.4 Å². The van der Waals surface area contributed by atoms with Gasteiger partial charge >= 0.3 is 0 Å². The van der Waals surface area contributed by atoms with E-state index in [0.29, 0.717) is 46.5 Å². The van der Waals surface area contributed by atoms with Crippen LogP contribution in [-0.2, 0) is 4.74 Å². The zero-order valence-electron chi connectivity index (χ0n) is 15.4. The summed E-state index contributed by atoms with van der Waals surface area (Å²) in [6.07, 6.45) is 2.16. The lowest BCUT2D eigenvalue weighted by atomic mass is 10.2. The summed E-state index contributed by atoms with van der Waals surface area (Å²) < 4.78 is 30.3. The maximum absolute atomic E-state index is 14.1. The molecule has 28 heavy (non-hydrogen) atoms. The van der Waals surface area contributed by atoms with Crippen LogP contribution in [0.3, 0.4) is 0 Å². The molecule has 0 unspecified atom stereocenters. The van der Waals surface area contributed by atoms with Crippen molar-refractivity contribution in [3.05, 3.63) is 47.5 Å². The number of rotatable bonds is 8. The minimum Gasteiger partial charge on any atom is -0.493 e. The van der Waals surface area contributed by atoms with Crippen LogP contribution in [0.4, 0.5) is 15.9 Å². The maximum atomic E-state index is 14.1. The highest BCUT2D eigenvalue weighted by Crippen LogP contribution is 2.35. The molecule has 0 fully saturated rings. The van der Waals surface area contributed by atoms with Gasteiger partial charge in [-0.25, -0.2) is 14.4 Å². The Morgan fingerprint density at radius 1 is 1.07 bits per heavy atom. The molecule has 3 aromatic rings. The Morgan fingerprint density at radius 2 is 1.89 bits per heavy atom. The lowest BCUT2D eigenvalue weighted by Gasteiger charge is -2.14. The molecule has 0 aliphatic rings. The van der Waals surface area contributed by atoms with Crippen LogP contribution in [0.1, 0.15) is 6.42 Å². The molecule has 1 heterocycles. The summed E-state index contributed by atoms with van der Waals surface area (Å²) in [5, 5.41) is 3.97. The molecular formula is C19H20Cl2FN3O3. The third-order valence-electron chi connectivity index (χ3n) is 3.86. The molecule has 0 radical (unpaired) electrons. The SMILES string of the molecule is COCCCOc1cc2ncnc(Nc3ccc(Cl)cc3F)c2cc1OC.Cl. The molecule has 6 nitrogen and oxygen atoms in total. The highest BCUT2D eigenvalue weighted by molar-refractivity contribution is 6.30. The number of hydrogen-bond donors (Lipinski definition) is 1. The van der Waals surface area contributed by atoms with E-state index in [-0.39, 0.29) is 18.1 Å². The summed E-state index contributed by atoms with van der Waals surface area (Å²) in [5.41, 5.74) is 0.905. The molecule has 2 aromatic carbocycles. The van der Waals surface area contributed by atoms with E-state index in [1.54, 1.807) is 38.5 Å². The molecule has 0 bridgehead atoms. The first kappa shape index (κ1) is 21.9. The van der Waals surface area contributed by atoms with Gasteiger partial charge in [0.1, 0.15) is 18.0 Å². The van der Waals surface area contributed by atoms with Crippen molar-refractivity contribution in [1.82, 2.24) is 9.97 Å². The summed E-state index contributed by atoms with van der Waals surface area (Å²) in [6.45, 7) is 1.10. The summed E-state index contributed by atoms with van der Waals surface area (Å²) >= 11 is 5.80. The predicted molar refractivity (Wildman–Crippen MR) is 110 cm³/mol. The first-order chi connectivity index (χ1) is 13.1. The number of halogens is 3. The second-order valence-electron chi connectivity index (χ2n) is 5.69. The molecular weight excluding hydrogens is 408 g/mol. The normalized spacial score (nSPS) is 10.4. The Bertz CT molecular complexity index is 944. The van der Waals surface area contributed by atoms with Gasteiger partial charge in [-0.2, -0.15) is 0 Å².